The molecule has 0 bridgehead atoms. The van der Waals surface area contributed by atoms with E-state index in [0.29, 0.717) is 12.0 Å². The van der Waals surface area contributed by atoms with Crippen LogP contribution in [0, 0.1) is 6.92 Å². The van der Waals surface area contributed by atoms with Gasteiger partial charge in [0.15, 0.2) is 5.78 Å². The van der Waals surface area contributed by atoms with Gasteiger partial charge >= 0.3 is 0 Å². The fraction of sp³-hybridized carbons (Fsp3) is 0.316. The molecule has 0 fully saturated rings. The van der Waals surface area contributed by atoms with Crippen LogP contribution in [0.1, 0.15) is 42.5 Å². The van der Waals surface area contributed by atoms with Gasteiger partial charge in [-0.2, -0.15) is 5.10 Å². The minimum atomic E-state index is -0.135. The van der Waals surface area contributed by atoms with Crippen LogP contribution in [-0.2, 0) is 12.0 Å². The van der Waals surface area contributed by atoms with Gasteiger partial charge in [-0.15, -0.1) is 0 Å². The fourth-order valence-electron chi connectivity index (χ4n) is 2.83. The molecule has 118 valence electrons. The lowest BCUT2D eigenvalue weighted by Gasteiger charge is -2.21. The van der Waals surface area contributed by atoms with Crippen molar-refractivity contribution in [2.24, 2.45) is 0 Å². The molecule has 23 heavy (non-hydrogen) atoms. The monoisotopic (exact) mass is 307 g/mol. The van der Waals surface area contributed by atoms with Gasteiger partial charge < -0.3 is 0 Å². The Kier molecular flexibility index (Phi) is 3.76. The lowest BCUT2D eigenvalue weighted by atomic mass is 10.0. The Morgan fingerprint density at radius 3 is 2.57 bits per heavy atom. The Morgan fingerprint density at radius 1 is 1.13 bits per heavy atom. The Hall–Kier alpha value is -2.49. The minimum Gasteiger partial charge on any atom is -0.294 e. The number of Topliss-reactive ketones (excluding diaryl/α,β-unsaturated/α-hetero) is 1. The summed E-state index contributed by atoms with van der Waals surface area (Å²) in [5, 5.41) is 5.46. The number of aromatic nitrogens is 3. The first-order valence-electron chi connectivity index (χ1n) is 7.79. The van der Waals surface area contributed by atoms with Gasteiger partial charge in [-0.1, -0.05) is 24.3 Å². The zero-order chi connectivity index (χ0) is 16.6. The molecule has 0 saturated heterocycles. The van der Waals surface area contributed by atoms with Crippen LogP contribution < -0.4 is 0 Å². The molecule has 0 amide bonds. The van der Waals surface area contributed by atoms with Crippen molar-refractivity contribution >= 4 is 16.7 Å². The van der Waals surface area contributed by atoms with Gasteiger partial charge in [0.1, 0.15) is 0 Å². The second kappa shape index (κ2) is 5.61. The minimum absolute atomic E-state index is 0.0563. The van der Waals surface area contributed by atoms with E-state index in [4.69, 9.17) is 0 Å². The van der Waals surface area contributed by atoms with Crippen LogP contribution in [-0.4, -0.2) is 20.5 Å². The molecule has 4 nitrogen and oxygen atoms in total. The molecule has 4 heteroatoms. The molecule has 0 aliphatic heterocycles. The van der Waals surface area contributed by atoms with Crippen molar-refractivity contribution < 1.29 is 4.79 Å². The van der Waals surface area contributed by atoms with E-state index in [2.05, 4.69) is 30.9 Å². The first-order chi connectivity index (χ1) is 10.9. The van der Waals surface area contributed by atoms with Crippen LogP contribution in [0.5, 0.6) is 0 Å². The molecule has 0 saturated carbocycles. The van der Waals surface area contributed by atoms with E-state index in [-0.39, 0.29) is 11.3 Å². The molecular formula is C19H21N3O. The second-order valence-corrected chi connectivity index (χ2v) is 6.82. The zero-order valence-corrected chi connectivity index (χ0v) is 14.0. The number of para-hydroxylation sites is 1. The third kappa shape index (κ3) is 3.02. The molecule has 0 spiro atoms. The van der Waals surface area contributed by atoms with Crippen molar-refractivity contribution in [3.8, 4) is 0 Å². The molecule has 0 radical (unpaired) electrons. The summed E-state index contributed by atoms with van der Waals surface area (Å²) in [6, 6.07) is 11.9. The first kappa shape index (κ1) is 15.4. The summed E-state index contributed by atoms with van der Waals surface area (Å²) in [5.74, 6) is 0.0563. The number of nitrogens with zero attached hydrogens (tertiary/aromatic N) is 3. The predicted octanol–water partition coefficient (Wildman–Crippen LogP) is 3.92. The molecule has 2 aromatic heterocycles. The summed E-state index contributed by atoms with van der Waals surface area (Å²) >= 11 is 0. The smallest absolute Gasteiger partial charge is 0.172 e. The van der Waals surface area contributed by atoms with Crippen molar-refractivity contribution in [1.82, 2.24) is 14.8 Å². The van der Waals surface area contributed by atoms with E-state index in [1.165, 1.54) is 0 Å². The van der Waals surface area contributed by atoms with Crippen LogP contribution in [0.3, 0.4) is 0 Å². The number of benzene rings is 1. The summed E-state index contributed by atoms with van der Waals surface area (Å²) in [6.07, 6.45) is 1.96. The van der Waals surface area contributed by atoms with Gasteiger partial charge in [0.2, 0.25) is 0 Å². The lowest BCUT2D eigenvalue weighted by molar-refractivity contribution is 0.0991. The number of rotatable bonds is 3. The maximum Gasteiger partial charge on any atom is 0.172 e. The van der Waals surface area contributed by atoms with Crippen LogP contribution in [0.15, 0.2) is 42.6 Å². The molecule has 3 rings (SSSR count). The van der Waals surface area contributed by atoms with Crippen LogP contribution >= 0.6 is 0 Å². The van der Waals surface area contributed by atoms with Crippen molar-refractivity contribution in [2.75, 3.05) is 0 Å². The highest BCUT2D eigenvalue weighted by molar-refractivity contribution is 5.98. The van der Waals surface area contributed by atoms with Gasteiger partial charge in [0.05, 0.1) is 29.2 Å². The van der Waals surface area contributed by atoms with Gasteiger partial charge in [-0.3, -0.25) is 14.5 Å². The van der Waals surface area contributed by atoms with E-state index in [1.54, 1.807) is 6.20 Å². The lowest BCUT2D eigenvalue weighted by Crippen LogP contribution is -2.24. The SMILES string of the molecule is Cc1c(C(=O)Cc2ccc3ccccc3n2)cnn1C(C)(C)C. The predicted molar refractivity (Wildman–Crippen MR) is 91.7 cm³/mol. The Morgan fingerprint density at radius 2 is 1.87 bits per heavy atom. The first-order valence-corrected chi connectivity index (χ1v) is 7.79. The standard InChI is InChI=1S/C19H21N3O/c1-13-16(12-20-22(13)19(2,3)4)18(23)11-15-10-9-14-7-5-6-8-17(14)21-15/h5-10,12H,11H2,1-4H3. The molecule has 0 atom stereocenters. The van der Waals surface area contributed by atoms with Crippen LogP contribution in [0.2, 0.25) is 0 Å². The average molecular weight is 307 g/mol. The van der Waals surface area contributed by atoms with E-state index in [0.717, 1.165) is 22.3 Å². The maximum absolute atomic E-state index is 12.6. The Labute approximate surface area is 136 Å². The summed E-state index contributed by atoms with van der Waals surface area (Å²) in [7, 11) is 0. The number of carbonyl (C=O) groups is 1. The highest BCUT2D eigenvalue weighted by Gasteiger charge is 2.21. The molecule has 0 aliphatic rings. The fourth-order valence-corrected chi connectivity index (χ4v) is 2.83. The van der Waals surface area contributed by atoms with Crippen molar-refractivity contribution in [3.05, 3.63) is 59.5 Å². The summed E-state index contributed by atoms with van der Waals surface area (Å²) in [5.41, 5.74) is 3.15. The molecule has 3 aromatic rings. The number of carbonyl (C=O) groups excluding carboxylic acids is 1. The topological polar surface area (TPSA) is 47.8 Å². The molecule has 0 N–H and O–H groups in total. The second-order valence-electron chi connectivity index (χ2n) is 6.82. The van der Waals surface area contributed by atoms with E-state index in [9.17, 15) is 4.79 Å². The zero-order valence-electron chi connectivity index (χ0n) is 14.0. The van der Waals surface area contributed by atoms with Crippen molar-refractivity contribution in [3.63, 3.8) is 0 Å². The summed E-state index contributed by atoms with van der Waals surface area (Å²) < 4.78 is 1.90. The van der Waals surface area contributed by atoms with Crippen molar-refractivity contribution in [2.45, 2.75) is 39.7 Å². The maximum atomic E-state index is 12.6. The van der Waals surface area contributed by atoms with E-state index in [1.807, 2.05) is 48.0 Å². The third-order valence-electron chi connectivity index (χ3n) is 3.94. The molecule has 1 aromatic carbocycles. The van der Waals surface area contributed by atoms with Crippen molar-refractivity contribution in [1.29, 1.82) is 0 Å². The van der Waals surface area contributed by atoms with E-state index < -0.39 is 0 Å². The van der Waals surface area contributed by atoms with E-state index >= 15 is 0 Å². The number of ketones is 1. The third-order valence-corrected chi connectivity index (χ3v) is 3.94. The molecule has 2 heterocycles. The highest BCUT2D eigenvalue weighted by Crippen LogP contribution is 2.20. The molecule has 0 unspecified atom stereocenters. The largest absolute Gasteiger partial charge is 0.294 e. The quantitative estimate of drug-likeness (QED) is 0.689. The molecular weight excluding hydrogens is 286 g/mol. The van der Waals surface area contributed by atoms with Gasteiger partial charge in [-0.05, 0) is 39.8 Å². The average Bonchev–Trinajstić information content (AvgIpc) is 2.89. The number of hydrogen-bond acceptors (Lipinski definition) is 3. The summed E-state index contributed by atoms with van der Waals surface area (Å²) in [4.78, 5) is 17.2. The highest BCUT2D eigenvalue weighted by atomic mass is 16.1. The number of pyridine rings is 1. The number of fused-ring (bicyclic) bond motifs is 1. The van der Waals surface area contributed by atoms with Crippen LogP contribution in [0.25, 0.3) is 10.9 Å². The van der Waals surface area contributed by atoms with Crippen LogP contribution in [0.4, 0.5) is 0 Å². The summed E-state index contributed by atoms with van der Waals surface area (Å²) in [6.45, 7) is 8.17. The van der Waals surface area contributed by atoms with Gasteiger partial charge in [0.25, 0.3) is 0 Å². The normalized spacial score (nSPS) is 11.8. The Balaban J connectivity index is 1.87. The Bertz CT molecular complexity index is 872. The molecule has 0 aliphatic carbocycles. The van der Waals surface area contributed by atoms with Gasteiger partial charge in [0, 0.05) is 16.8 Å². The van der Waals surface area contributed by atoms with Gasteiger partial charge in [-0.25, -0.2) is 0 Å². The number of hydrogen-bond donors (Lipinski definition) is 0.